The molecule has 3 rings (SSSR count). The number of carbonyl (C=O) groups excluding carboxylic acids is 3. The Kier molecular flexibility index (Phi) is 6.93. The molecule has 0 fully saturated rings. The van der Waals surface area contributed by atoms with Crippen LogP contribution in [0.2, 0.25) is 0 Å². The van der Waals surface area contributed by atoms with Crippen molar-refractivity contribution in [2.75, 3.05) is 31.8 Å². The van der Waals surface area contributed by atoms with E-state index >= 15 is 0 Å². The van der Waals surface area contributed by atoms with Crippen molar-refractivity contribution in [1.82, 2.24) is 4.90 Å². The van der Waals surface area contributed by atoms with E-state index in [0.29, 0.717) is 16.1 Å². The van der Waals surface area contributed by atoms with E-state index < -0.39 is 5.97 Å². The Bertz CT molecular complexity index is 927. The number of ether oxygens (including phenoxy) is 1. The molecule has 1 aliphatic rings. The smallest absolute Gasteiger partial charge is 0.339 e. The molecule has 0 bridgehead atoms. The van der Waals surface area contributed by atoms with Gasteiger partial charge in [0.05, 0.1) is 11.3 Å². The number of anilines is 1. The largest absolute Gasteiger partial charge is 0.452 e. The first-order valence-corrected chi connectivity index (χ1v) is 10.4. The minimum Gasteiger partial charge on any atom is -0.452 e. The summed E-state index contributed by atoms with van der Waals surface area (Å²) in [7, 11) is 3.37. The second kappa shape index (κ2) is 9.60. The monoisotopic (exact) mass is 412 g/mol. The fourth-order valence-corrected chi connectivity index (χ4v) is 4.10. The van der Waals surface area contributed by atoms with E-state index in [0.717, 1.165) is 19.3 Å². The molecule has 0 aromatic heterocycles. The van der Waals surface area contributed by atoms with Gasteiger partial charge in [-0.15, -0.1) is 11.8 Å². The van der Waals surface area contributed by atoms with Gasteiger partial charge < -0.3 is 15.0 Å². The highest BCUT2D eigenvalue weighted by molar-refractivity contribution is 8.00. The number of thioether (sulfide) groups is 1. The number of nitrogens with zero attached hydrogens (tertiary/aromatic N) is 1. The topological polar surface area (TPSA) is 75.7 Å². The van der Waals surface area contributed by atoms with E-state index in [9.17, 15) is 14.4 Å². The highest BCUT2D eigenvalue weighted by Crippen LogP contribution is 2.25. The zero-order valence-corrected chi connectivity index (χ0v) is 17.4. The van der Waals surface area contributed by atoms with Crippen LogP contribution in [0.1, 0.15) is 27.9 Å². The third-order valence-electron chi connectivity index (χ3n) is 4.67. The summed E-state index contributed by atoms with van der Waals surface area (Å²) < 4.78 is 5.19. The summed E-state index contributed by atoms with van der Waals surface area (Å²) in [5, 5.41) is 2.77. The molecule has 152 valence electrons. The van der Waals surface area contributed by atoms with Crippen LogP contribution in [0.15, 0.2) is 47.4 Å². The maximum absolute atomic E-state index is 12.4. The highest BCUT2D eigenvalue weighted by atomic mass is 32.2. The molecule has 0 aliphatic heterocycles. The second-order valence-electron chi connectivity index (χ2n) is 7.03. The van der Waals surface area contributed by atoms with Gasteiger partial charge >= 0.3 is 5.97 Å². The third kappa shape index (κ3) is 5.60. The predicted octanol–water partition coefficient (Wildman–Crippen LogP) is 3.15. The normalized spacial score (nSPS) is 12.2. The van der Waals surface area contributed by atoms with Crippen LogP contribution in [0, 0.1) is 0 Å². The second-order valence-corrected chi connectivity index (χ2v) is 8.05. The number of esters is 1. The Morgan fingerprint density at radius 3 is 2.62 bits per heavy atom. The summed E-state index contributed by atoms with van der Waals surface area (Å²) in [6, 6.07) is 12.8. The van der Waals surface area contributed by atoms with Crippen molar-refractivity contribution >= 4 is 35.2 Å². The zero-order valence-electron chi connectivity index (χ0n) is 16.6. The quantitative estimate of drug-likeness (QED) is 0.559. The van der Waals surface area contributed by atoms with E-state index in [-0.39, 0.29) is 24.2 Å². The van der Waals surface area contributed by atoms with Crippen LogP contribution in [0.25, 0.3) is 0 Å². The molecule has 1 aliphatic carbocycles. The number of fused-ring (bicyclic) bond motifs is 1. The number of rotatable bonds is 7. The molecule has 0 spiro atoms. The maximum atomic E-state index is 12.4. The molecule has 6 nitrogen and oxygen atoms in total. The van der Waals surface area contributed by atoms with Crippen molar-refractivity contribution in [3.05, 3.63) is 59.2 Å². The van der Waals surface area contributed by atoms with E-state index in [1.54, 1.807) is 38.4 Å². The first-order chi connectivity index (χ1) is 13.9. The van der Waals surface area contributed by atoms with Crippen LogP contribution in [0.3, 0.4) is 0 Å². The average Bonchev–Trinajstić information content (AvgIpc) is 3.18. The fourth-order valence-electron chi connectivity index (χ4n) is 3.09. The van der Waals surface area contributed by atoms with Crippen molar-refractivity contribution < 1.29 is 19.1 Å². The first-order valence-electron chi connectivity index (χ1n) is 9.45. The lowest BCUT2D eigenvalue weighted by Crippen LogP contribution is -2.23. The predicted molar refractivity (Wildman–Crippen MR) is 113 cm³/mol. The number of nitrogens with one attached hydrogen (secondary N) is 1. The molecule has 1 N–H and O–H groups in total. The first kappa shape index (κ1) is 20.9. The van der Waals surface area contributed by atoms with Crippen molar-refractivity contribution in [2.45, 2.75) is 24.2 Å². The standard InChI is InChI=1S/C22H24N2O4S/c1-24(2)21(26)14-29-19-9-4-3-8-18(19)22(27)28-13-20(25)23-17-11-10-15-6-5-7-16(15)12-17/h3-4,8-12H,5-7,13-14H2,1-2H3,(H,23,25). The van der Waals surface area contributed by atoms with Gasteiger partial charge in [0.25, 0.3) is 5.91 Å². The summed E-state index contributed by atoms with van der Waals surface area (Å²) >= 11 is 1.27. The fraction of sp³-hybridized carbons (Fsp3) is 0.318. The minimum atomic E-state index is -0.588. The van der Waals surface area contributed by atoms with E-state index in [1.165, 1.54) is 27.8 Å². The maximum Gasteiger partial charge on any atom is 0.339 e. The zero-order chi connectivity index (χ0) is 20.8. The number of hydrogen-bond donors (Lipinski definition) is 1. The summed E-state index contributed by atoms with van der Waals surface area (Å²) in [4.78, 5) is 38.6. The molecule has 0 atom stereocenters. The van der Waals surface area contributed by atoms with E-state index in [4.69, 9.17) is 4.74 Å². The molecular formula is C22H24N2O4S. The van der Waals surface area contributed by atoms with Gasteiger partial charge in [0.1, 0.15) is 0 Å². The molecule has 0 radical (unpaired) electrons. The summed E-state index contributed by atoms with van der Waals surface area (Å²) in [5.41, 5.74) is 3.65. The molecule has 7 heteroatoms. The average molecular weight is 413 g/mol. The molecule has 29 heavy (non-hydrogen) atoms. The van der Waals surface area contributed by atoms with Gasteiger partial charge in [-0.1, -0.05) is 18.2 Å². The SMILES string of the molecule is CN(C)C(=O)CSc1ccccc1C(=O)OCC(=O)Nc1ccc2c(c1)CCC2. The van der Waals surface area contributed by atoms with Crippen molar-refractivity contribution in [1.29, 1.82) is 0 Å². The van der Waals surface area contributed by atoms with Gasteiger partial charge in [-0.25, -0.2) is 4.79 Å². The van der Waals surface area contributed by atoms with Gasteiger partial charge in [-0.3, -0.25) is 9.59 Å². The minimum absolute atomic E-state index is 0.0492. The van der Waals surface area contributed by atoms with Crippen LogP contribution >= 0.6 is 11.8 Å². The molecule has 0 heterocycles. The Morgan fingerprint density at radius 2 is 1.83 bits per heavy atom. The van der Waals surface area contributed by atoms with Crippen LogP contribution in [0.5, 0.6) is 0 Å². The third-order valence-corrected chi connectivity index (χ3v) is 5.73. The van der Waals surface area contributed by atoms with E-state index in [2.05, 4.69) is 5.32 Å². The Hall–Kier alpha value is -2.80. The van der Waals surface area contributed by atoms with Gasteiger partial charge in [0.2, 0.25) is 5.91 Å². The summed E-state index contributed by atoms with van der Waals surface area (Å²) in [6.07, 6.45) is 3.25. The lowest BCUT2D eigenvalue weighted by Gasteiger charge is -2.12. The van der Waals surface area contributed by atoms with Crippen LogP contribution < -0.4 is 5.32 Å². The highest BCUT2D eigenvalue weighted by Gasteiger charge is 2.17. The molecular weight excluding hydrogens is 388 g/mol. The van der Waals surface area contributed by atoms with Gasteiger partial charge in [-0.2, -0.15) is 0 Å². The van der Waals surface area contributed by atoms with Gasteiger partial charge in [0.15, 0.2) is 6.61 Å². The lowest BCUT2D eigenvalue weighted by molar-refractivity contribution is -0.125. The van der Waals surface area contributed by atoms with E-state index in [1.807, 2.05) is 18.2 Å². The summed E-state index contributed by atoms with van der Waals surface area (Å²) in [5.74, 6) is -0.804. The molecule has 0 saturated heterocycles. The molecule has 0 unspecified atom stereocenters. The number of amides is 2. The number of aryl methyl sites for hydroxylation is 2. The molecule has 2 aromatic carbocycles. The Balaban J connectivity index is 1.55. The molecule has 2 amide bonds. The molecule has 0 saturated carbocycles. The van der Waals surface area contributed by atoms with Crippen molar-refractivity contribution in [2.24, 2.45) is 0 Å². The van der Waals surface area contributed by atoms with Crippen LogP contribution in [0.4, 0.5) is 5.69 Å². The Labute approximate surface area is 174 Å². The van der Waals surface area contributed by atoms with Crippen LogP contribution in [-0.2, 0) is 27.2 Å². The van der Waals surface area contributed by atoms with Crippen molar-refractivity contribution in [3.8, 4) is 0 Å². The molecule has 2 aromatic rings. The van der Waals surface area contributed by atoms with Gasteiger partial charge in [0, 0.05) is 24.7 Å². The lowest BCUT2D eigenvalue weighted by atomic mass is 10.1. The number of carbonyl (C=O) groups is 3. The number of benzene rings is 2. The summed E-state index contributed by atoms with van der Waals surface area (Å²) in [6.45, 7) is -0.369. The number of hydrogen-bond acceptors (Lipinski definition) is 5. The van der Waals surface area contributed by atoms with Gasteiger partial charge in [-0.05, 0) is 54.7 Å². The van der Waals surface area contributed by atoms with Crippen LogP contribution in [-0.4, -0.2) is 49.1 Å². The van der Waals surface area contributed by atoms with Crippen molar-refractivity contribution in [3.63, 3.8) is 0 Å². The Morgan fingerprint density at radius 1 is 1.07 bits per heavy atom.